The van der Waals surface area contributed by atoms with E-state index in [4.69, 9.17) is 16.3 Å². The molecule has 6 nitrogen and oxygen atoms in total. The summed E-state index contributed by atoms with van der Waals surface area (Å²) >= 11 is 7.02. The molecule has 124 valence electrons. The van der Waals surface area contributed by atoms with E-state index in [0.29, 0.717) is 24.7 Å². The Kier molecular flexibility index (Phi) is 6.73. The molecule has 2 amide bonds. The van der Waals surface area contributed by atoms with Gasteiger partial charge in [-0.2, -0.15) is 0 Å². The molecule has 1 aliphatic rings. The number of benzene rings is 1. The standard InChI is InChI=1S/C15H17ClN2O4S/c16-12-3-1-11(2-4-12)9-17-13(19)10-22-14(20)5-6-18-7-8-23-15(18)21/h1-4H,5-10H2,(H,17,19). The molecule has 1 fully saturated rings. The van der Waals surface area contributed by atoms with Crippen molar-refractivity contribution in [2.45, 2.75) is 13.0 Å². The average Bonchev–Trinajstić information content (AvgIpc) is 2.95. The highest BCUT2D eigenvalue weighted by Crippen LogP contribution is 2.17. The lowest BCUT2D eigenvalue weighted by atomic mass is 10.2. The summed E-state index contributed by atoms with van der Waals surface area (Å²) in [7, 11) is 0. The topological polar surface area (TPSA) is 75.7 Å². The number of ether oxygens (including phenoxy) is 1. The number of halogens is 1. The zero-order valence-electron chi connectivity index (χ0n) is 12.4. The molecule has 23 heavy (non-hydrogen) atoms. The molecule has 0 bridgehead atoms. The Morgan fingerprint density at radius 3 is 2.70 bits per heavy atom. The van der Waals surface area contributed by atoms with E-state index in [-0.39, 0.29) is 24.2 Å². The van der Waals surface area contributed by atoms with Crippen LogP contribution >= 0.6 is 23.4 Å². The smallest absolute Gasteiger partial charge is 0.308 e. The second kappa shape index (κ2) is 8.79. The van der Waals surface area contributed by atoms with Gasteiger partial charge in [0, 0.05) is 30.4 Å². The van der Waals surface area contributed by atoms with Crippen molar-refractivity contribution in [2.24, 2.45) is 0 Å². The van der Waals surface area contributed by atoms with Crippen molar-refractivity contribution < 1.29 is 19.1 Å². The minimum Gasteiger partial charge on any atom is -0.456 e. The van der Waals surface area contributed by atoms with Gasteiger partial charge in [0.2, 0.25) is 0 Å². The fourth-order valence-corrected chi connectivity index (χ4v) is 2.90. The van der Waals surface area contributed by atoms with Gasteiger partial charge in [-0.25, -0.2) is 0 Å². The van der Waals surface area contributed by atoms with E-state index in [2.05, 4.69) is 5.32 Å². The lowest BCUT2D eigenvalue weighted by molar-refractivity contribution is -0.148. The normalized spacial score (nSPS) is 14.0. The molecule has 1 aromatic rings. The number of carbonyl (C=O) groups excluding carboxylic acids is 3. The van der Waals surface area contributed by atoms with Gasteiger partial charge >= 0.3 is 5.97 Å². The number of hydrogen-bond donors (Lipinski definition) is 1. The van der Waals surface area contributed by atoms with E-state index in [0.717, 1.165) is 11.3 Å². The Bertz CT molecular complexity index is 579. The van der Waals surface area contributed by atoms with Gasteiger partial charge in [0.05, 0.1) is 6.42 Å². The molecule has 1 aliphatic heterocycles. The maximum absolute atomic E-state index is 11.6. The van der Waals surface area contributed by atoms with Crippen LogP contribution in [0.5, 0.6) is 0 Å². The van der Waals surface area contributed by atoms with Crippen molar-refractivity contribution in [1.29, 1.82) is 0 Å². The van der Waals surface area contributed by atoms with Crippen molar-refractivity contribution in [2.75, 3.05) is 25.4 Å². The fourth-order valence-electron chi connectivity index (χ4n) is 1.93. The second-order valence-electron chi connectivity index (χ2n) is 4.92. The Morgan fingerprint density at radius 2 is 2.04 bits per heavy atom. The SMILES string of the molecule is O=C(COC(=O)CCN1CCSC1=O)NCc1ccc(Cl)cc1. The highest BCUT2D eigenvalue weighted by Gasteiger charge is 2.21. The number of carbonyl (C=O) groups is 3. The molecular weight excluding hydrogens is 340 g/mol. The molecule has 0 unspecified atom stereocenters. The monoisotopic (exact) mass is 356 g/mol. The van der Waals surface area contributed by atoms with Crippen LogP contribution in [0, 0.1) is 0 Å². The molecule has 0 spiro atoms. The highest BCUT2D eigenvalue weighted by atomic mass is 35.5. The molecule has 1 N–H and O–H groups in total. The third kappa shape index (κ3) is 6.11. The summed E-state index contributed by atoms with van der Waals surface area (Å²) in [4.78, 5) is 36.1. The summed E-state index contributed by atoms with van der Waals surface area (Å²) in [5.74, 6) is -0.112. The fraction of sp³-hybridized carbons (Fsp3) is 0.400. The van der Waals surface area contributed by atoms with E-state index < -0.39 is 5.97 Å². The zero-order chi connectivity index (χ0) is 16.7. The van der Waals surface area contributed by atoms with Gasteiger partial charge in [-0.05, 0) is 17.7 Å². The molecule has 1 aromatic carbocycles. The van der Waals surface area contributed by atoms with Crippen LogP contribution in [0.15, 0.2) is 24.3 Å². The predicted molar refractivity (Wildman–Crippen MR) is 88.3 cm³/mol. The van der Waals surface area contributed by atoms with E-state index in [1.807, 2.05) is 0 Å². The van der Waals surface area contributed by atoms with Gasteiger partial charge in [0.1, 0.15) is 0 Å². The molecule has 0 atom stereocenters. The van der Waals surface area contributed by atoms with Crippen LogP contribution in [-0.4, -0.2) is 47.5 Å². The molecule has 0 radical (unpaired) electrons. The molecule has 0 saturated carbocycles. The van der Waals surface area contributed by atoms with Crippen LogP contribution in [0.3, 0.4) is 0 Å². The van der Waals surface area contributed by atoms with Gasteiger partial charge in [-0.15, -0.1) is 0 Å². The first-order chi connectivity index (χ1) is 11.0. The summed E-state index contributed by atoms with van der Waals surface area (Å²) in [6.07, 6.45) is 0.0940. The number of thioether (sulfide) groups is 1. The number of hydrogen-bond acceptors (Lipinski definition) is 5. The van der Waals surface area contributed by atoms with Crippen LogP contribution in [0.1, 0.15) is 12.0 Å². The summed E-state index contributed by atoms with van der Waals surface area (Å²) in [6.45, 7) is 0.998. The van der Waals surface area contributed by atoms with Crippen LogP contribution in [0.25, 0.3) is 0 Å². The minimum absolute atomic E-state index is 0.0153. The van der Waals surface area contributed by atoms with Crippen LogP contribution < -0.4 is 5.32 Å². The van der Waals surface area contributed by atoms with Gasteiger partial charge in [0.25, 0.3) is 11.1 Å². The lowest BCUT2D eigenvalue weighted by Crippen LogP contribution is -2.30. The van der Waals surface area contributed by atoms with E-state index in [1.165, 1.54) is 11.8 Å². The van der Waals surface area contributed by atoms with Gasteiger partial charge in [-0.1, -0.05) is 35.5 Å². The Labute approximate surface area is 143 Å². The van der Waals surface area contributed by atoms with Crippen LogP contribution in [0.4, 0.5) is 4.79 Å². The number of amides is 2. The van der Waals surface area contributed by atoms with Crippen LogP contribution in [0.2, 0.25) is 5.02 Å². The van der Waals surface area contributed by atoms with Crippen molar-refractivity contribution in [3.63, 3.8) is 0 Å². The quantitative estimate of drug-likeness (QED) is 0.757. The average molecular weight is 357 g/mol. The molecule has 8 heteroatoms. The van der Waals surface area contributed by atoms with Gasteiger partial charge < -0.3 is 15.0 Å². The minimum atomic E-state index is -0.489. The Balaban J connectivity index is 1.60. The van der Waals surface area contributed by atoms with E-state index >= 15 is 0 Å². The second-order valence-corrected chi connectivity index (χ2v) is 6.40. The Morgan fingerprint density at radius 1 is 1.30 bits per heavy atom. The number of nitrogens with one attached hydrogen (secondary N) is 1. The molecular formula is C15H17ClN2O4S. The number of esters is 1. The largest absolute Gasteiger partial charge is 0.456 e. The van der Waals surface area contributed by atoms with Crippen molar-refractivity contribution in [3.8, 4) is 0 Å². The predicted octanol–water partition coefficient (Wildman–Crippen LogP) is 2.06. The molecule has 0 aliphatic carbocycles. The van der Waals surface area contributed by atoms with Crippen molar-refractivity contribution in [3.05, 3.63) is 34.9 Å². The molecule has 1 saturated heterocycles. The first-order valence-corrected chi connectivity index (χ1v) is 8.49. The lowest BCUT2D eigenvalue weighted by Gasteiger charge is -2.13. The van der Waals surface area contributed by atoms with Crippen molar-refractivity contribution >= 4 is 40.5 Å². The first-order valence-electron chi connectivity index (χ1n) is 7.13. The highest BCUT2D eigenvalue weighted by molar-refractivity contribution is 8.13. The van der Waals surface area contributed by atoms with Crippen LogP contribution in [-0.2, 0) is 20.9 Å². The summed E-state index contributed by atoms with van der Waals surface area (Å²) in [6, 6.07) is 7.08. The summed E-state index contributed by atoms with van der Waals surface area (Å²) in [5.41, 5.74) is 0.902. The zero-order valence-corrected chi connectivity index (χ0v) is 14.0. The summed E-state index contributed by atoms with van der Waals surface area (Å²) < 4.78 is 4.89. The Hall–Kier alpha value is -1.73. The molecule has 1 heterocycles. The third-order valence-corrected chi connectivity index (χ3v) is 4.34. The van der Waals surface area contributed by atoms with Gasteiger partial charge in [-0.3, -0.25) is 14.4 Å². The molecule has 0 aromatic heterocycles. The number of nitrogens with zero attached hydrogens (tertiary/aromatic N) is 1. The number of rotatable bonds is 7. The van der Waals surface area contributed by atoms with E-state index in [9.17, 15) is 14.4 Å². The van der Waals surface area contributed by atoms with E-state index in [1.54, 1.807) is 29.2 Å². The molecule has 2 rings (SSSR count). The first kappa shape index (κ1) is 17.6. The maximum atomic E-state index is 11.6. The third-order valence-electron chi connectivity index (χ3n) is 3.20. The summed E-state index contributed by atoms with van der Waals surface area (Å²) in [5, 5.41) is 3.26. The van der Waals surface area contributed by atoms with Gasteiger partial charge in [0.15, 0.2) is 6.61 Å². The van der Waals surface area contributed by atoms with Crippen molar-refractivity contribution in [1.82, 2.24) is 10.2 Å². The maximum Gasteiger partial charge on any atom is 0.308 e.